The molecular formula is C11H17N3O2S. The van der Waals surface area contributed by atoms with Crippen LogP contribution in [-0.2, 0) is 9.59 Å². The number of fused-ring (bicyclic) bond motifs is 1. The molecule has 0 spiro atoms. The third kappa shape index (κ3) is 2.80. The van der Waals surface area contributed by atoms with E-state index < -0.39 is 0 Å². The highest BCUT2D eigenvalue weighted by molar-refractivity contribution is 8.15. The van der Waals surface area contributed by atoms with Gasteiger partial charge in [0.1, 0.15) is 5.25 Å². The van der Waals surface area contributed by atoms with Gasteiger partial charge in [-0.15, -0.1) is 0 Å². The lowest BCUT2D eigenvalue weighted by Gasteiger charge is -2.23. The molecule has 0 bridgehead atoms. The van der Waals surface area contributed by atoms with Gasteiger partial charge in [0.25, 0.3) is 0 Å². The average Bonchev–Trinajstić information content (AvgIpc) is 2.51. The normalized spacial score (nSPS) is 31.0. The minimum absolute atomic E-state index is 0.0228. The molecule has 0 aromatic heterocycles. The summed E-state index contributed by atoms with van der Waals surface area (Å²) in [6.45, 7) is 6.37. The van der Waals surface area contributed by atoms with Gasteiger partial charge in [0.15, 0.2) is 5.17 Å². The van der Waals surface area contributed by atoms with Gasteiger partial charge in [-0.2, -0.15) is 0 Å². The van der Waals surface area contributed by atoms with Crippen molar-refractivity contribution in [3.63, 3.8) is 0 Å². The maximum Gasteiger partial charge on any atom is 0.235 e. The summed E-state index contributed by atoms with van der Waals surface area (Å²) in [5.41, 5.74) is 0.0464. The van der Waals surface area contributed by atoms with Crippen molar-refractivity contribution in [1.82, 2.24) is 10.6 Å². The number of amidine groups is 1. The number of thioether (sulfide) groups is 1. The zero-order chi connectivity index (χ0) is 12.6. The van der Waals surface area contributed by atoms with E-state index in [1.54, 1.807) is 0 Å². The van der Waals surface area contributed by atoms with Crippen LogP contribution in [0.2, 0.25) is 0 Å². The van der Waals surface area contributed by atoms with Crippen LogP contribution in [0.25, 0.3) is 0 Å². The van der Waals surface area contributed by atoms with E-state index in [0.29, 0.717) is 11.7 Å². The van der Waals surface area contributed by atoms with Gasteiger partial charge in [0, 0.05) is 13.5 Å². The van der Waals surface area contributed by atoms with Crippen molar-refractivity contribution in [1.29, 1.82) is 0 Å². The molecule has 2 aliphatic rings. The number of amides is 2. The molecule has 94 valence electrons. The van der Waals surface area contributed by atoms with Gasteiger partial charge >= 0.3 is 0 Å². The number of hydrogen-bond donors (Lipinski definition) is 2. The summed E-state index contributed by atoms with van der Waals surface area (Å²) in [6, 6.07) is -0.0284. The monoisotopic (exact) mass is 255 g/mol. The Bertz CT molecular complexity index is 392. The Balaban J connectivity index is 2.16. The third-order valence-electron chi connectivity index (χ3n) is 2.92. The molecular weight excluding hydrogens is 238 g/mol. The number of carbonyl (C=O) groups is 2. The summed E-state index contributed by atoms with van der Waals surface area (Å²) < 4.78 is 0. The van der Waals surface area contributed by atoms with Crippen LogP contribution < -0.4 is 10.6 Å². The molecule has 17 heavy (non-hydrogen) atoms. The fourth-order valence-electron chi connectivity index (χ4n) is 2.11. The van der Waals surface area contributed by atoms with E-state index in [4.69, 9.17) is 0 Å². The second-order valence-corrected chi connectivity index (χ2v) is 6.44. The standard InChI is InChI=1S/C11H17N3O2S/c1-6(15)13-10-14-7-4-11(2,3)5-12-9(16)8(7)17-10/h7-8H,4-5H2,1-3H3,(H,12,16)(H,13,14,15)/t7-,8-/m0/s1. The first-order valence-electron chi connectivity index (χ1n) is 5.67. The molecule has 0 unspecified atom stereocenters. The Labute approximate surface area is 105 Å². The molecule has 0 aliphatic carbocycles. The predicted molar refractivity (Wildman–Crippen MR) is 67.8 cm³/mol. The third-order valence-corrected chi connectivity index (χ3v) is 4.13. The van der Waals surface area contributed by atoms with Gasteiger partial charge in [0.05, 0.1) is 6.04 Å². The van der Waals surface area contributed by atoms with E-state index in [9.17, 15) is 9.59 Å². The van der Waals surface area contributed by atoms with E-state index in [0.717, 1.165) is 6.42 Å². The molecule has 0 saturated carbocycles. The molecule has 2 heterocycles. The summed E-state index contributed by atoms with van der Waals surface area (Å²) in [5, 5.41) is 5.97. The minimum Gasteiger partial charge on any atom is -0.355 e. The molecule has 0 radical (unpaired) electrons. The first kappa shape index (κ1) is 12.4. The van der Waals surface area contributed by atoms with Crippen molar-refractivity contribution in [2.45, 2.75) is 38.5 Å². The molecule has 2 amide bonds. The summed E-state index contributed by atoms with van der Waals surface area (Å²) in [6.07, 6.45) is 0.854. The first-order valence-corrected chi connectivity index (χ1v) is 6.55. The Morgan fingerprint density at radius 1 is 1.59 bits per heavy atom. The maximum atomic E-state index is 11.9. The van der Waals surface area contributed by atoms with Crippen LogP contribution in [0.15, 0.2) is 4.99 Å². The zero-order valence-electron chi connectivity index (χ0n) is 10.2. The second-order valence-electron chi connectivity index (χ2n) is 5.31. The molecule has 2 atom stereocenters. The number of rotatable bonds is 0. The number of carbonyl (C=O) groups excluding carboxylic acids is 2. The highest BCUT2D eigenvalue weighted by Gasteiger charge is 2.42. The Hall–Kier alpha value is -1.04. The molecule has 1 fully saturated rings. The largest absolute Gasteiger partial charge is 0.355 e. The van der Waals surface area contributed by atoms with Gasteiger partial charge in [-0.25, -0.2) is 0 Å². The smallest absolute Gasteiger partial charge is 0.235 e. The van der Waals surface area contributed by atoms with Gasteiger partial charge in [-0.3, -0.25) is 14.6 Å². The molecule has 1 saturated heterocycles. The van der Waals surface area contributed by atoms with Crippen LogP contribution in [0.4, 0.5) is 0 Å². The number of hydrogen-bond acceptors (Lipinski definition) is 4. The topological polar surface area (TPSA) is 70.6 Å². The molecule has 2 aliphatic heterocycles. The number of nitrogens with one attached hydrogen (secondary N) is 2. The van der Waals surface area contributed by atoms with E-state index in [-0.39, 0.29) is 28.5 Å². The highest BCUT2D eigenvalue weighted by Crippen LogP contribution is 2.36. The number of nitrogens with zero attached hydrogens (tertiary/aromatic N) is 1. The molecule has 2 N–H and O–H groups in total. The van der Waals surface area contributed by atoms with Crippen molar-refractivity contribution in [2.75, 3.05) is 6.54 Å². The van der Waals surface area contributed by atoms with Crippen molar-refractivity contribution in [3.8, 4) is 0 Å². The van der Waals surface area contributed by atoms with Crippen LogP contribution in [0.5, 0.6) is 0 Å². The van der Waals surface area contributed by atoms with Crippen LogP contribution >= 0.6 is 11.8 Å². The van der Waals surface area contributed by atoms with Crippen LogP contribution in [0, 0.1) is 5.41 Å². The summed E-state index contributed by atoms with van der Waals surface area (Å²) >= 11 is 1.35. The Morgan fingerprint density at radius 3 is 2.94 bits per heavy atom. The van der Waals surface area contributed by atoms with Gasteiger partial charge in [0.2, 0.25) is 11.8 Å². The van der Waals surface area contributed by atoms with Crippen molar-refractivity contribution in [2.24, 2.45) is 10.4 Å². The summed E-state index contributed by atoms with van der Waals surface area (Å²) in [4.78, 5) is 27.3. The molecule has 0 aromatic carbocycles. The van der Waals surface area contributed by atoms with Crippen molar-refractivity contribution < 1.29 is 9.59 Å². The Kier molecular flexibility index (Phi) is 3.16. The Morgan fingerprint density at radius 2 is 2.29 bits per heavy atom. The molecule has 5 nitrogen and oxygen atoms in total. The first-order chi connectivity index (χ1) is 7.87. The van der Waals surface area contributed by atoms with Crippen molar-refractivity contribution in [3.05, 3.63) is 0 Å². The quantitative estimate of drug-likeness (QED) is 0.662. The van der Waals surface area contributed by atoms with E-state index in [1.165, 1.54) is 18.7 Å². The minimum atomic E-state index is -0.196. The summed E-state index contributed by atoms with van der Waals surface area (Å²) in [7, 11) is 0. The van der Waals surface area contributed by atoms with Crippen molar-refractivity contribution >= 4 is 28.7 Å². The lowest BCUT2D eigenvalue weighted by Crippen LogP contribution is -2.36. The lowest BCUT2D eigenvalue weighted by atomic mass is 9.86. The summed E-state index contributed by atoms with van der Waals surface area (Å²) in [5.74, 6) is -0.123. The fraction of sp³-hybridized carbons (Fsp3) is 0.727. The zero-order valence-corrected chi connectivity index (χ0v) is 11.1. The highest BCUT2D eigenvalue weighted by atomic mass is 32.2. The predicted octanol–water partition coefficient (Wildman–Crippen LogP) is 0.509. The van der Waals surface area contributed by atoms with Gasteiger partial charge in [-0.05, 0) is 11.8 Å². The second kappa shape index (κ2) is 4.33. The fourth-order valence-corrected chi connectivity index (χ4v) is 3.25. The van der Waals surface area contributed by atoms with Gasteiger partial charge < -0.3 is 10.6 Å². The maximum absolute atomic E-state index is 11.9. The lowest BCUT2D eigenvalue weighted by molar-refractivity contribution is -0.120. The van der Waals surface area contributed by atoms with Gasteiger partial charge in [-0.1, -0.05) is 25.6 Å². The van der Waals surface area contributed by atoms with Crippen LogP contribution in [-0.4, -0.2) is 34.8 Å². The van der Waals surface area contributed by atoms with Crippen LogP contribution in [0.1, 0.15) is 27.2 Å². The van der Waals surface area contributed by atoms with Crippen LogP contribution in [0.3, 0.4) is 0 Å². The average molecular weight is 255 g/mol. The number of aliphatic imine (C=N–C) groups is 1. The van der Waals surface area contributed by atoms with E-state index >= 15 is 0 Å². The van der Waals surface area contributed by atoms with E-state index in [1.807, 2.05) is 0 Å². The SMILES string of the molecule is CC(=O)NC1=N[C@H]2CC(C)(C)CNC(=O)[C@H]2S1. The molecule has 0 aromatic rings. The molecule has 2 rings (SSSR count). The van der Waals surface area contributed by atoms with E-state index in [2.05, 4.69) is 29.5 Å². The molecule has 6 heteroatoms.